The number of carbonyl (C=O) groups excluding carboxylic acids is 2. The van der Waals surface area contributed by atoms with Crippen molar-refractivity contribution in [1.29, 1.82) is 0 Å². The monoisotopic (exact) mass is 577 g/mol. The Bertz CT molecular complexity index is 581. The molecule has 1 N–H and O–H groups in total. The van der Waals surface area contributed by atoms with Crippen molar-refractivity contribution < 1.29 is 47.5 Å². The van der Waals surface area contributed by atoms with Crippen LogP contribution in [0.15, 0.2) is 0 Å². The van der Waals surface area contributed by atoms with E-state index >= 15 is 0 Å². The zero-order valence-electron chi connectivity index (χ0n) is 24.8. The molecule has 1 aliphatic rings. The zero-order chi connectivity index (χ0) is 28.8. The molecule has 11 nitrogen and oxygen atoms in total. The van der Waals surface area contributed by atoms with E-state index < -0.39 is 0 Å². The number of amides is 1. The molecule has 0 aromatic rings. The number of nitrogens with one attached hydrogen (secondary N) is 1. The lowest BCUT2D eigenvalue weighted by Crippen LogP contribution is -2.32. The standard InChI is InChI=1S/C29H55NO10/c1-33-24-25-40-22-7-20-38-18-5-16-36-14-3-12-34-11-2-13-35-15-4-17-37-19-6-21-39-23-10-30-29(32)27-8-9-28(31)26-27/h27H,2-26H2,1H3,(H,30,32)/t27-/m1/s1. The lowest BCUT2D eigenvalue weighted by molar-refractivity contribution is -0.126. The van der Waals surface area contributed by atoms with Crippen LogP contribution in [0.1, 0.15) is 57.8 Å². The number of rotatable bonds is 31. The molecule has 1 fully saturated rings. The number of Topliss-reactive ketones (excluding diaryl/α,β-unsaturated/α-hetero) is 1. The summed E-state index contributed by atoms with van der Waals surface area (Å²) in [5, 5.41) is 2.83. The van der Waals surface area contributed by atoms with Crippen molar-refractivity contribution in [3.05, 3.63) is 0 Å². The van der Waals surface area contributed by atoms with Crippen LogP contribution in [0.4, 0.5) is 0 Å². The lowest BCUT2D eigenvalue weighted by Gasteiger charge is -2.10. The summed E-state index contributed by atoms with van der Waals surface area (Å²) >= 11 is 0. The van der Waals surface area contributed by atoms with E-state index in [4.69, 9.17) is 37.9 Å². The number of hydrogen-bond donors (Lipinski definition) is 1. The lowest BCUT2D eigenvalue weighted by atomic mass is 10.1. The Kier molecular flexibility index (Phi) is 27.0. The summed E-state index contributed by atoms with van der Waals surface area (Å²) in [7, 11) is 1.67. The SMILES string of the molecule is COCCOCCCOCCCOCCCOCCCOCCCOCCCOCCNC(=O)[C@@H]1CCC(=O)C1. The number of hydrogen-bond acceptors (Lipinski definition) is 10. The van der Waals surface area contributed by atoms with Crippen LogP contribution in [0.3, 0.4) is 0 Å². The van der Waals surface area contributed by atoms with Gasteiger partial charge in [-0.15, -0.1) is 0 Å². The molecule has 1 amide bonds. The molecule has 1 atom stereocenters. The van der Waals surface area contributed by atoms with Crippen molar-refractivity contribution in [3.63, 3.8) is 0 Å². The Balaban J connectivity index is 1.64. The highest BCUT2D eigenvalue weighted by Gasteiger charge is 2.27. The Hall–Kier alpha value is -1.18. The molecule has 11 heteroatoms. The Labute approximate surface area is 241 Å². The minimum atomic E-state index is -0.148. The molecule has 0 saturated heterocycles. The Morgan fingerprint density at radius 1 is 0.600 bits per heavy atom. The Morgan fingerprint density at radius 3 is 1.32 bits per heavy atom. The van der Waals surface area contributed by atoms with Gasteiger partial charge < -0.3 is 43.2 Å². The average Bonchev–Trinajstić information content (AvgIpc) is 3.40. The topological polar surface area (TPSA) is 120 Å². The van der Waals surface area contributed by atoms with Gasteiger partial charge in [-0.1, -0.05) is 0 Å². The first-order valence-corrected chi connectivity index (χ1v) is 15.1. The molecule has 0 bridgehead atoms. The molecule has 0 spiro atoms. The van der Waals surface area contributed by atoms with Gasteiger partial charge >= 0.3 is 0 Å². The van der Waals surface area contributed by atoms with Gasteiger partial charge in [0.1, 0.15) is 5.78 Å². The molecule has 0 aromatic carbocycles. The largest absolute Gasteiger partial charge is 0.382 e. The van der Waals surface area contributed by atoms with Crippen LogP contribution in [-0.4, -0.2) is 124 Å². The fraction of sp³-hybridized carbons (Fsp3) is 0.931. The first kappa shape index (κ1) is 36.8. The second-order valence-electron chi connectivity index (χ2n) is 9.67. The molecule has 0 aliphatic heterocycles. The summed E-state index contributed by atoms with van der Waals surface area (Å²) in [4.78, 5) is 23.1. The molecule has 236 valence electrons. The first-order chi connectivity index (χ1) is 19.7. The molecule has 1 aliphatic carbocycles. The van der Waals surface area contributed by atoms with Crippen LogP contribution < -0.4 is 5.32 Å². The zero-order valence-corrected chi connectivity index (χ0v) is 24.8. The third-order valence-corrected chi connectivity index (χ3v) is 6.06. The molecule has 0 heterocycles. The van der Waals surface area contributed by atoms with Gasteiger partial charge in [0.05, 0.1) is 19.8 Å². The van der Waals surface area contributed by atoms with Crippen molar-refractivity contribution in [3.8, 4) is 0 Å². The van der Waals surface area contributed by atoms with Gasteiger partial charge in [-0.05, 0) is 44.9 Å². The highest BCUT2D eigenvalue weighted by Crippen LogP contribution is 2.21. The van der Waals surface area contributed by atoms with Gasteiger partial charge in [0.25, 0.3) is 0 Å². The highest BCUT2D eigenvalue weighted by atomic mass is 16.5. The van der Waals surface area contributed by atoms with Crippen LogP contribution >= 0.6 is 0 Å². The molecular formula is C29H55NO10. The summed E-state index contributed by atoms with van der Waals surface area (Å²) in [6.07, 6.45) is 6.83. The molecule has 1 rings (SSSR count). The smallest absolute Gasteiger partial charge is 0.223 e. The van der Waals surface area contributed by atoms with Crippen LogP contribution in [0.2, 0.25) is 0 Å². The van der Waals surface area contributed by atoms with E-state index in [0.717, 1.165) is 38.5 Å². The van der Waals surface area contributed by atoms with E-state index in [1.54, 1.807) is 7.11 Å². The van der Waals surface area contributed by atoms with Gasteiger partial charge in [0, 0.05) is 112 Å². The van der Waals surface area contributed by atoms with E-state index in [2.05, 4.69) is 5.32 Å². The van der Waals surface area contributed by atoms with Crippen LogP contribution in [-0.2, 0) is 47.5 Å². The number of carbonyl (C=O) groups is 2. The van der Waals surface area contributed by atoms with E-state index in [-0.39, 0.29) is 17.6 Å². The summed E-state index contributed by atoms with van der Waals surface area (Å²) in [5.41, 5.74) is 0. The maximum absolute atomic E-state index is 11.9. The summed E-state index contributed by atoms with van der Waals surface area (Å²) in [6.45, 7) is 10.5. The van der Waals surface area contributed by atoms with Gasteiger partial charge in [-0.25, -0.2) is 0 Å². The quantitative estimate of drug-likeness (QED) is 0.123. The molecular weight excluding hydrogens is 522 g/mol. The summed E-state index contributed by atoms with van der Waals surface area (Å²) < 4.78 is 43.8. The molecule has 0 radical (unpaired) electrons. The van der Waals surface area contributed by atoms with Crippen molar-refractivity contribution in [1.82, 2.24) is 5.32 Å². The summed E-state index contributed by atoms with van der Waals surface area (Å²) in [5.74, 6) is 0.00229. The van der Waals surface area contributed by atoms with E-state index in [9.17, 15) is 9.59 Å². The van der Waals surface area contributed by atoms with Crippen LogP contribution in [0.25, 0.3) is 0 Å². The van der Waals surface area contributed by atoms with Crippen molar-refractivity contribution in [2.45, 2.75) is 57.8 Å². The normalized spacial score (nSPS) is 15.2. The predicted molar refractivity (Wildman–Crippen MR) is 151 cm³/mol. The highest BCUT2D eigenvalue weighted by molar-refractivity contribution is 5.89. The fourth-order valence-corrected chi connectivity index (χ4v) is 3.86. The van der Waals surface area contributed by atoms with E-state index in [1.807, 2.05) is 0 Å². The minimum absolute atomic E-state index is 0.0327. The van der Waals surface area contributed by atoms with Gasteiger partial charge in [0.15, 0.2) is 0 Å². The first-order valence-electron chi connectivity index (χ1n) is 15.1. The maximum Gasteiger partial charge on any atom is 0.223 e. The van der Waals surface area contributed by atoms with Crippen molar-refractivity contribution in [2.75, 3.05) is 113 Å². The average molecular weight is 578 g/mol. The fourth-order valence-electron chi connectivity index (χ4n) is 3.86. The number of methoxy groups -OCH3 is 1. The number of ketones is 1. The third kappa shape index (κ3) is 24.6. The molecule has 0 aromatic heterocycles. The second kappa shape index (κ2) is 29.3. The van der Waals surface area contributed by atoms with Crippen molar-refractivity contribution >= 4 is 11.7 Å². The van der Waals surface area contributed by atoms with E-state index in [0.29, 0.717) is 125 Å². The predicted octanol–water partition coefficient (Wildman–Crippen LogP) is 2.58. The third-order valence-electron chi connectivity index (χ3n) is 6.06. The summed E-state index contributed by atoms with van der Waals surface area (Å²) in [6, 6.07) is 0. The van der Waals surface area contributed by atoms with Gasteiger partial charge in [0.2, 0.25) is 5.91 Å². The van der Waals surface area contributed by atoms with Gasteiger partial charge in [-0.2, -0.15) is 0 Å². The maximum atomic E-state index is 11.9. The molecule has 0 unspecified atom stereocenters. The minimum Gasteiger partial charge on any atom is -0.382 e. The van der Waals surface area contributed by atoms with E-state index in [1.165, 1.54) is 0 Å². The van der Waals surface area contributed by atoms with Crippen LogP contribution in [0.5, 0.6) is 0 Å². The second-order valence-corrected chi connectivity index (χ2v) is 9.67. The molecule has 40 heavy (non-hydrogen) atoms. The van der Waals surface area contributed by atoms with Crippen molar-refractivity contribution in [2.24, 2.45) is 5.92 Å². The molecule has 1 saturated carbocycles. The van der Waals surface area contributed by atoms with Crippen LogP contribution in [0, 0.1) is 5.92 Å². The van der Waals surface area contributed by atoms with Gasteiger partial charge in [-0.3, -0.25) is 9.59 Å². The number of ether oxygens (including phenoxy) is 8. The Morgan fingerprint density at radius 2 is 0.975 bits per heavy atom.